The zero-order valence-corrected chi connectivity index (χ0v) is 22.1. The first-order chi connectivity index (χ1) is 15.2. The topological polar surface area (TPSA) is 29.5 Å². The highest BCUT2D eigenvalue weighted by Crippen LogP contribution is 2.14. The lowest BCUT2D eigenvalue weighted by molar-refractivity contribution is -0.234. The first kappa shape index (κ1) is 30.4. The minimum atomic E-state index is 0.301. The predicted octanol–water partition coefficient (Wildman–Crippen LogP) is 10.1. The molecular weight excluding hydrogens is 392 g/mol. The highest BCUT2D eigenvalue weighted by atomic mass is 17.1. The molecule has 0 radical (unpaired) electrons. The monoisotopic (exact) mass is 442 g/mol. The average molecular weight is 443 g/mol. The Morgan fingerprint density at radius 2 is 0.781 bits per heavy atom. The van der Waals surface area contributed by atoms with E-state index in [-0.39, 0.29) is 0 Å². The number of unbranched alkanes of at least 4 members (excludes halogenated alkanes) is 1. The molecule has 1 N–H and O–H groups in total. The van der Waals surface area contributed by atoms with Crippen molar-refractivity contribution in [3.63, 3.8) is 0 Å². The summed E-state index contributed by atoms with van der Waals surface area (Å²) < 4.78 is 0. The maximum Gasteiger partial charge on any atom is 0.103 e. The Labute approximate surface area is 199 Å². The van der Waals surface area contributed by atoms with E-state index in [0.717, 1.165) is 50.5 Å². The van der Waals surface area contributed by atoms with Crippen molar-refractivity contribution in [2.24, 2.45) is 0 Å². The van der Waals surface area contributed by atoms with Gasteiger partial charge in [0.2, 0.25) is 0 Å². The average Bonchev–Trinajstić information content (AvgIpc) is 2.71. The summed E-state index contributed by atoms with van der Waals surface area (Å²) in [7, 11) is 0. The van der Waals surface area contributed by atoms with E-state index in [4.69, 9.17) is 5.26 Å². The van der Waals surface area contributed by atoms with Crippen molar-refractivity contribution in [2.75, 3.05) is 6.61 Å². The SMILES string of the molecule is CC(C)=CCC/C(C)=C/CC/C(C)=C/CC/C=C(\C)CC/C=C(/C)CC/C=C(\C)COO. The third-order valence-electron chi connectivity index (χ3n) is 5.63. The van der Waals surface area contributed by atoms with Crippen LogP contribution < -0.4 is 0 Å². The van der Waals surface area contributed by atoms with Gasteiger partial charge in [-0.2, -0.15) is 0 Å². The van der Waals surface area contributed by atoms with Crippen LogP contribution in [0.25, 0.3) is 0 Å². The summed E-state index contributed by atoms with van der Waals surface area (Å²) in [5.41, 5.74) is 8.44. The van der Waals surface area contributed by atoms with Gasteiger partial charge in [-0.3, -0.25) is 5.26 Å². The van der Waals surface area contributed by atoms with Gasteiger partial charge < -0.3 is 0 Å². The van der Waals surface area contributed by atoms with E-state index in [1.165, 1.54) is 47.1 Å². The van der Waals surface area contributed by atoms with Gasteiger partial charge in [0, 0.05) is 0 Å². The summed E-state index contributed by atoms with van der Waals surface area (Å²) in [5, 5.41) is 8.44. The molecule has 0 aliphatic rings. The van der Waals surface area contributed by atoms with Crippen LogP contribution >= 0.6 is 0 Å². The maximum atomic E-state index is 8.44. The minimum absolute atomic E-state index is 0.301. The van der Waals surface area contributed by atoms with Crippen molar-refractivity contribution in [2.45, 2.75) is 113 Å². The lowest BCUT2D eigenvalue weighted by atomic mass is 10.0. The summed E-state index contributed by atoms with van der Waals surface area (Å²) in [6, 6.07) is 0. The van der Waals surface area contributed by atoms with Crippen LogP contribution in [0.1, 0.15) is 113 Å². The Bertz CT molecular complexity index is 680. The Kier molecular flexibility index (Phi) is 19.0. The molecule has 2 heteroatoms. The molecule has 0 spiro atoms. The summed E-state index contributed by atoms with van der Waals surface area (Å²) in [4.78, 5) is 4.15. The van der Waals surface area contributed by atoms with Crippen molar-refractivity contribution >= 4 is 0 Å². The summed E-state index contributed by atoms with van der Waals surface area (Å²) >= 11 is 0. The van der Waals surface area contributed by atoms with Gasteiger partial charge in [0.15, 0.2) is 0 Å². The lowest BCUT2D eigenvalue weighted by Gasteiger charge is -2.03. The molecule has 0 aromatic carbocycles. The fraction of sp³-hybridized carbons (Fsp3) is 0.600. The molecule has 2 nitrogen and oxygen atoms in total. The molecular formula is C30H50O2. The fourth-order valence-electron chi connectivity index (χ4n) is 3.46. The molecule has 0 aromatic rings. The molecule has 0 unspecified atom stereocenters. The molecule has 0 bridgehead atoms. The van der Waals surface area contributed by atoms with Crippen molar-refractivity contribution in [1.82, 2.24) is 0 Å². The van der Waals surface area contributed by atoms with Gasteiger partial charge in [-0.25, -0.2) is 4.89 Å². The number of rotatable bonds is 17. The minimum Gasteiger partial charge on any atom is -0.251 e. The van der Waals surface area contributed by atoms with Gasteiger partial charge in [0.1, 0.15) is 6.61 Å². The van der Waals surface area contributed by atoms with Crippen LogP contribution in [-0.4, -0.2) is 11.9 Å². The molecule has 0 saturated heterocycles. The van der Waals surface area contributed by atoms with Crippen LogP contribution in [0.4, 0.5) is 0 Å². The molecule has 0 rings (SSSR count). The van der Waals surface area contributed by atoms with Gasteiger partial charge in [0.25, 0.3) is 0 Å². The third-order valence-corrected chi connectivity index (χ3v) is 5.63. The second-order valence-corrected chi connectivity index (χ2v) is 9.54. The normalized spacial score (nSPS) is 14.2. The van der Waals surface area contributed by atoms with E-state index >= 15 is 0 Å². The van der Waals surface area contributed by atoms with Crippen molar-refractivity contribution in [3.05, 3.63) is 69.9 Å². The van der Waals surface area contributed by atoms with E-state index in [0.29, 0.717) is 6.61 Å². The van der Waals surface area contributed by atoms with Crippen LogP contribution in [0, 0.1) is 0 Å². The van der Waals surface area contributed by atoms with E-state index < -0.39 is 0 Å². The Morgan fingerprint density at radius 3 is 1.12 bits per heavy atom. The standard InChI is InChI=1S/C30H50O2/c1-25(2)14-10-17-28(5)20-11-18-26(3)15-8-9-16-27(4)19-12-21-29(6)22-13-23-30(7)24-32-31/h14-16,20-21,23,31H,8-13,17-19,22,24H2,1-7H3/b26-15+,27-16+,28-20+,29-21-,30-23+. The number of hydrogen-bond donors (Lipinski definition) is 1. The molecule has 0 saturated carbocycles. The van der Waals surface area contributed by atoms with Gasteiger partial charge in [-0.15, -0.1) is 0 Å². The molecule has 32 heavy (non-hydrogen) atoms. The molecule has 0 heterocycles. The quantitative estimate of drug-likeness (QED) is 0.105. The summed E-state index contributed by atoms with van der Waals surface area (Å²) in [6.07, 6.45) is 25.4. The van der Waals surface area contributed by atoms with Gasteiger partial charge in [0.05, 0.1) is 0 Å². The predicted molar refractivity (Wildman–Crippen MR) is 143 cm³/mol. The Hall–Kier alpha value is -1.64. The van der Waals surface area contributed by atoms with Gasteiger partial charge >= 0.3 is 0 Å². The van der Waals surface area contributed by atoms with E-state index in [1.807, 2.05) is 6.92 Å². The maximum absolute atomic E-state index is 8.44. The molecule has 0 aliphatic carbocycles. The lowest BCUT2D eigenvalue weighted by Crippen LogP contribution is -1.90. The van der Waals surface area contributed by atoms with Crippen LogP contribution in [0.5, 0.6) is 0 Å². The second-order valence-electron chi connectivity index (χ2n) is 9.54. The Balaban J connectivity index is 4.07. The summed E-state index contributed by atoms with van der Waals surface area (Å²) in [5.74, 6) is 0. The summed E-state index contributed by atoms with van der Waals surface area (Å²) in [6.45, 7) is 15.6. The zero-order valence-electron chi connectivity index (χ0n) is 22.1. The molecule has 0 aromatic heterocycles. The smallest absolute Gasteiger partial charge is 0.103 e. The first-order valence-corrected chi connectivity index (χ1v) is 12.4. The first-order valence-electron chi connectivity index (χ1n) is 12.4. The fourth-order valence-corrected chi connectivity index (χ4v) is 3.46. The highest BCUT2D eigenvalue weighted by molar-refractivity contribution is 5.08. The van der Waals surface area contributed by atoms with E-state index in [1.54, 1.807) is 0 Å². The second kappa shape index (κ2) is 20.0. The molecule has 0 amide bonds. The molecule has 182 valence electrons. The van der Waals surface area contributed by atoms with E-state index in [9.17, 15) is 0 Å². The van der Waals surface area contributed by atoms with Crippen molar-refractivity contribution < 1.29 is 10.1 Å². The largest absolute Gasteiger partial charge is 0.251 e. The molecule has 0 fully saturated rings. The van der Waals surface area contributed by atoms with Gasteiger partial charge in [-0.05, 0) is 118 Å². The van der Waals surface area contributed by atoms with Gasteiger partial charge in [-0.1, -0.05) is 64.3 Å². The highest BCUT2D eigenvalue weighted by Gasteiger charge is 1.95. The molecule has 0 atom stereocenters. The van der Waals surface area contributed by atoms with Crippen LogP contribution in [0.2, 0.25) is 0 Å². The van der Waals surface area contributed by atoms with E-state index in [2.05, 4.69) is 82.9 Å². The molecule has 0 aliphatic heterocycles. The van der Waals surface area contributed by atoms with Crippen LogP contribution in [0.15, 0.2) is 69.9 Å². The van der Waals surface area contributed by atoms with Crippen molar-refractivity contribution in [3.8, 4) is 0 Å². The third kappa shape index (κ3) is 20.3. The Morgan fingerprint density at radius 1 is 0.469 bits per heavy atom. The van der Waals surface area contributed by atoms with Crippen LogP contribution in [0.3, 0.4) is 0 Å². The number of allylic oxidation sites excluding steroid dienone is 11. The number of hydrogen-bond acceptors (Lipinski definition) is 2. The van der Waals surface area contributed by atoms with Crippen molar-refractivity contribution in [1.29, 1.82) is 0 Å². The van der Waals surface area contributed by atoms with Crippen LogP contribution in [-0.2, 0) is 4.89 Å². The zero-order chi connectivity index (χ0) is 24.2.